The molecule has 154 valence electrons. The van der Waals surface area contributed by atoms with Gasteiger partial charge in [-0.15, -0.1) is 0 Å². The largest absolute Gasteiger partial charge is 0.331 e. The van der Waals surface area contributed by atoms with Crippen molar-refractivity contribution in [2.45, 2.75) is 17.7 Å². The van der Waals surface area contributed by atoms with Gasteiger partial charge in [-0.25, -0.2) is 17.7 Å². The molecule has 1 aromatic heterocycles. The normalized spacial score (nSPS) is 11.9. The number of fused-ring (bicyclic) bond motifs is 1. The van der Waals surface area contributed by atoms with E-state index in [0.717, 1.165) is 9.82 Å². The monoisotopic (exact) mass is 454 g/mol. The van der Waals surface area contributed by atoms with Crippen LogP contribution in [0, 0.1) is 0 Å². The molecule has 0 spiro atoms. The van der Waals surface area contributed by atoms with Gasteiger partial charge in [-0.3, -0.25) is 4.79 Å². The number of benzene rings is 2. The number of nitrogens with one attached hydrogen (secondary N) is 1. The molecule has 0 radical (unpaired) electrons. The number of carbonyl (C=O) groups is 1. The molecular weight excluding hydrogens is 435 g/mol. The SMILES string of the molecule is CN(C)S(=O)(=O)c1ccc2c(c1)nc(CCC(=O)Nc1cc(Cl)cc(Cl)c1)n2C. The van der Waals surface area contributed by atoms with E-state index in [1.807, 2.05) is 11.6 Å². The molecule has 0 bridgehead atoms. The van der Waals surface area contributed by atoms with E-state index in [-0.39, 0.29) is 17.2 Å². The van der Waals surface area contributed by atoms with Crippen LogP contribution < -0.4 is 5.32 Å². The summed E-state index contributed by atoms with van der Waals surface area (Å²) in [5.41, 5.74) is 1.88. The molecule has 2 aromatic carbocycles. The number of halogens is 2. The Hall–Kier alpha value is -2.13. The van der Waals surface area contributed by atoms with Crippen LogP contribution in [0.3, 0.4) is 0 Å². The van der Waals surface area contributed by atoms with Crippen LogP contribution in [0.4, 0.5) is 5.69 Å². The van der Waals surface area contributed by atoms with Crippen molar-refractivity contribution in [3.63, 3.8) is 0 Å². The maximum atomic E-state index is 12.3. The highest BCUT2D eigenvalue weighted by Gasteiger charge is 2.19. The number of rotatable bonds is 6. The van der Waals surface area contributed by atoms with E-state index >= 15 is 0 Å². The van der Waals surface area contributed by atoms with E-state index in [1.165, 1.54) is 14.1 Å². The van der Waals surface area contributed by atoms with Gasteiger partial charge in [0.05, 0.1) is 15.9 Å². The third-order valence-electron chi connectivity index (χ3n) is 4.45. The average molecular weight is 455 g/mol. The molecule has 0 aliphatic heterocycles. The summed E-state index contributed by atoms with van der Waals surface area (Å²) >= 11 is 11.9. The highest BCUT2D eigenvalue weighted by molar-refractivity contribution is 7.89. The predicted octanol–water partition coefficient (Wildman–Crippen LogP) is 3.70. The van der Waals surface area contributed by atoms with Crippen molar-refractivity contribution in [2.24, 2.45) is 7.05 Å². The smallest absolute Gasteiger partial charge is 0.242 e. The minimum absolute atomic E-state index is 0.176. The Labute approximate surface area is 179 Å². The second kappa shape index (κ2) is 8.31. The van der Waals surface area contributed by atoms with Crippen LogP contribution in [-0.2, 0) is 28.3 Å². The molecule has 0 saturated heterocycles. The summed E-state index contributed by atoms with van der Waals surface area (Å²) < 4.78 is 27.7. The maximum Gasteiger partial charge on any atom is 0.242 e. The minimum Gasteiger partial charge on any atom is -0.331 e. The molecule has 0 aliphatic carbocycles. The van der Waals surface area contributed by atoms with Gasteiger partial charge in [0.15, 0.2) is 0 Å². The van der Waals surface area contributed by atoms with Crippen LogP contribution in [0.1, 0.15) is 12.2 Å². The first-order chi connectivity index (χ1) is 13.6. The molecule has 7 nitrogen and oxygen atoms in total. The highest BCUT2D eigenvalue weighted by Crippen LogP contribution is 2.24. The number of aryl methyl sites for hydroxylation is 2. The Morgan fingerprint density at radius 1 is 1.14 bits per heavy atom. The number of amides is 1. The van der Waals surface area contributed by atoms with Gasteiger partial charge in [0.2, 0.25) is 15.9 Å². The molecule has 1 amide bonds. The van der Waals surface area contributed by atoms with E-state index in [2.05, 4.69) is 10.3 Å². The molecule has 0 saturated carbocycles. The molecule has 3 rings (SSSR count). The number of hydrogen-bond acceptors (Lipinski definition) is 4. The Morgan fingerprint density at radius 2 is 1.79 bits per heavy atom. The van der Waals surface area contributed by atoms with Crippen LogP contribution in [0.25, 0.3) is 11.0 Å². The van der Waals surface area contributed by atoms with E-state index in [9.17, 15) is 13.2 Å². The molecule has 3 aromatic rings. The zero-order valence-corrected chi connectivity index (χ0v) is 18.4. The van der Waals surface area contributed by atoms with Crippen molar-refractivity contribution in [1.29, 1.82) is 0 Å². The van der Waals surface area contributed by atoms with Gasteiger partial charge in [-0.2, -0.15) is 0 Å². The number of nitrogens with zero attached hydrogens (tertiary/aromatic N) is 3. The summed E-state index contributed by atoms with van der Waals surface area (Å²) in [6.07, 6.45) is 0.589. The molecule has 0 aliphatic rings. The second-order valence-corrected chi connectivity index (χ2v) is 9.76. The topological polar surface area (TPSA) is 84.3 Å². The minimum atomic E-state index is -3.54. The third-order valence-corrected chi connectivity index (χ3v) is 6.69. The van der Waals surface area contributed by atoms with Gasteiger partial charge in [0.1, 0.15) is 5.82 Å². The zero-order chi connectivity index (χ0) is 21.3. The molecule has 1 heterocycles. The van der Waals surface area contributed by atoms with Gasteiger partial charge < -0.3 is 9.88 Å². The molecule has 29 heavy (non-hydrogen) atoms. The first kappa shape index (κ1) is 21.6. The van der Waals surface area contributed by atoms with Crippen LogP contribution in [0.15, 0.2) is 41.3 Å². The van der Waals surface area contributed by atoms with E-state index in [4.69, 9.17) is 23.2 Å². The molecule has 0 atom stereocenters. The quantitative estimate of drug-likeness (QED) is 0.615. The second-order valence-electron chi connectivity index (χ2n) is 6.73. The summed E-state index contributed by atoms with van der Waals surface area (Å²) in [6, 6.07) is 9.64. The third kappa shape index (κ3) is 4.72. The van der Waals surface area contributed by atoms with Gasteiger partial charge >= 0.3 is 0 Å². The van der Waals surface area contributed by atoms with E-state index in [0.29, 0.717) is 33.5 Å². The van der Waals surface area contributed by atoms with Gasteiger partial charge in [-0.05, 0) is 36.4 Å². The molecule has 0 unspecified atom stereocenters. The van der Waals surface area contributed by atoms with Crippen LogP contribution in [-0.4, -0.2) is 42.3 Å². The number of anilines is 1. The fourth-order valence-corrected chi connectivity index (χ4v) is 4.35. The van der Waals surface area contributed by atoms with Crippen molar-refractivity contribution >= 4 is 55.9 Å². The maximum absolute atomic E-state index is 12.3. The van der Waals surface area contributed by atoms with Crippen molar-refractivity contribution < 1.29 is 13.2 Å². The number of sulfonamides is 1. The summed E-state index contributed by atoms with van der Waals surface area (Å²) in [5, 5.41) is 3.63. The number of aromatic nitrogens is 2. The lowest BCUT2D eigenvalue weighted by Crippen LogP contribution is -2.22. The summed E-state index contributed by atoms with van der Waals surface area (Å²) in [7, 11) is 1.25. The molecule has 10 heteroatoms. The van der Waals surface area contributed by atoms with E-state index < -0.39 is 10.0 Å². The first-order valence-electron chi connectivity index (χ1n) is 8.72. The number of carbonyl (C=O) groups excluding carboxylic acids is 1. The Balaban J connectivity index is 1.76. The fraction of sp³-hybridized carbons (Fsp3) is 0.263. The summed E-state index contributed by atoms with van der Waals surface area (Å²) in [4.78, 5) is 17.0. The van der Waals surface area contributed by atoms with Crippen molar-refractivity contribution in [2.75, 3.05) is 19.4 Å². The lowest BCUT2D eigenvalue weighted by Gasteiger charge is -2.10. The fourth-order valence-electron chi connectivity index (χ4n) is 2.90. The van der Waals surface area contributed by atoms with Crippen molar-refractivity contribution in [3.8, 4) is 0 Å². The molecular formula is C19H20Cl2N4O3S. The highest BCUT2D eigenvalue weighted by atomic mass is 35.5. The number of imidazole rings is 1. The Bertz CT molecular complexity index is 1170. The summed E-state index contributed by atoms with van der Waals surface area (Å²) in [6.45, 7) is 0. The van der Waals surface area contributed by atoms with Crippen LogP contribution in [0.2, 0.25) is 10.0 Å². The average Bonchev–Trinajstić information content (AvgIpc) is 2.94. The summed E-state index contributed by atoms with van der Waals surface area (Å²) in [5.74, 6) is 0.477. The Kier molecular flexibility index (Phi) is 6.19. The number of hydrogen-bond donors (Lipinski definition) is 1. The zero-order valence-electron chi connectivity index (χ0n) is 16.1. The predicted molar refractivity (Wildman–Crippen MR) is 115 cm³/mol. The van der Waals surface area contributed by atoms with Crippen molar-refractivity contribution in [3.05, 3.63) is 52.3 Å². The lowest BCUT2D eigenvalue weighted by atomic mass is 10.2. The molecule has 1 N–H and O–H groups in total. The van der Waals surface area contributed by atoms with Gasteiger partial charge in [-0.1, -0.05) is 23.2 Å². The molecule has 0 fully saturated rings. The standard InChI is InChI=1S/C19H20Cl2N4O3S/c1-24(2)29(27,28)15-4-5-17-16(11-15)23-18(25(17)3)6-7-19(26)22-14-9-12(20)8-13(21)10-14/h4-5,8-11H,6-7H2,1-3H3,(H,22,26). The van der Waals surface area contributed by atoms with Crippen LogP contribution >= 0.6 is 23.2 Å². The van der Waals surface area contributed by atoms with Crippen LogP contribution in [0.5, 0.6) is 0 Å². The lowest BCUT2D eigenvalue weighted by molar-refractivity contribution is -0.116. The van der Waals surface area contributed by atoms with E-state index in [1.54, 1.807) is 36.4 Å². The first-order valence-corrected chi connectivity index (χ1v) is 10.9. The Morgan fingerprint density at radius 3 is 2.41 bits per heavy atom. The van der Waals surface area contributed by atoms with Gasteiger partial charge in [0.25, 0.3) is 0 Å². The van der Waals surface area contributed by atoms with Gasteiger partial charge in [0, 0.05) is 49.7 Å². The van der Waals surface area contributed by atoms with Crippen molar-refractivity contribution in [1.82, 2.24) is 13.9 Å².